The van der Waals surface area contributed by atoms with Crippen LogP contribution in [0.3, 0.4) is 0 Å². The van der Waals surface area contributed by atoms with E-state index < -0.39 is 11.8 Å². The summed E-state index contributed by atoms with van der Waals surface area (Å²) in [5.74, 6) is 0.462. The fourth-order valence-corrected chi connectivity index (χ4v) is 3.04. The van der Waals surface area contributed by atoms with E-state index in [-0.39, 0.29) is 12.2 Å². The Morgan fingerprint density at radius 1 is 1.00 bits per heavy atom. The lowest BCUT2D eigenvalue weighted by Crippen LogP contribution is -2.09. The van der Waals surface area contributed by atoms with Crippen LogP contribution in [0.25, 0.3) is 10.9 Å². The molecule has 0 radical (unpaired) electrons. The van der Waals surface area contributed by atoms with Crippen molar-refractivity contribution >= 4 is 28.2 Å². The molecule has 0 bridgehead atoms. The number of nitrogens with one attached hydrogen (secondary N) is 1. The minimum Gasteiger partial charge on any atom is -0.462 e. The number of nitrogens with zero attached hydrogens (tertiary/aromatic N) is 1. The van der Waals surface area contributed by atoms with E-state index in [0.717, 1.165) is 5.75 Å². The summed E-state index contributed by atoms with van der Waals surface area (Å²) in [6.45, 7) is 1.95. The first-order valence-corrected chi connectivity index (χ1v) is 9.49. The maximum absolute atomic E-state index is 13.9. The smallest absolute Gasteiger partial charge is 0.341 e. The molecule has 150 valence electrons. The average molecular weight is 402 g/mol. The first-order chi connectivity index (χ1) is 14.6. The molecule has 3 aromatic carbocycles. The number of ether oxygens (including phenoxy) is 2. The highest BCUT2D eigenvalue weighted by Crippen LogP contribution is 2.31. The number of aromatic nitrogens is 1. The molecule has 4 rings (SSSR count). The van der Waals surface area contributed by atoms with Gasteiger partial charge < -0.3 is 14.8 Å². The number of esters is 1. The maximum Gasteiger partial charge on any atom is 0.341 e. The van der Waals surface area contributed by atoms with E-state index in [4.69, 9.17) is 9.47 Å². The van der Waals surface area contributed by atoms with E-state index in [1.807, 2.05) is 54.6 Å². The topological polar surface area (TPSA) is 60.5 Å². The molecule has 1 N–H and O–H groups in total. The highest BCUT2D eigenvalue weighted by Gasteiger charge is 2.17. The third-order valence-electron chi connectivity index (χ3n) is 4.43. The van der Waals surface area contributed by atoms with Crippen LogP contribution in [0.5, 0.6) is 11.5 Å². The Morgan fingerprint density at radius 2 is 1.73 bits per heavy atom. The second-order valence-electron chi connectivity index (χ2n) is 6.49. The van der Waals surface area contributed by atoms with Gasteiger partial charge in [0.2, 0.25) is 0 Å². The highest BCUT2D eigenvalue weighted by molar-refractivity contribution is 6.06. The van der Waals surface area contributed by atoms with Crippen LogP contribution in [-0.2, 0) is 4.74 Å². The molecule has 0 unspecified atom stereocenters. The van der Waals surface area contributed by atoms with Crippen LogP contribution < -0.4 is 10.1 Å². The molecule has 0 amide bonds. The Labute approximate surface area is 173 Å². The summed E-state index contributed by atoms with van der Waals surface area (Å²) < 4.78 is 24.8. The lowest BCUT2D eigenvalue weighted by Gasteiger charge is -2.15. The molecule has 0 aliphatic rings. The molecule has 0 spiro atoms. The summed E-state index contributed by atoms with van der Waals surface area (Å²) in [5, 5.41) is 3.70. The van der Waals surface area contributed by atoms with Gasteiger partial charge in [-0.15, -0.1) is 0 Å². The molecule has 1 heterocycles. The molecule has 0 atom stereocenters. The fraction of sp³-hybridized carbons (Fsp3) is 0.0833. The molecule has 0 saturated carbocycles. The van der Waals surface area contributed by atoms with Crippen LogP contribution in [0.4, 0.5) is 15.8 Å². The standard InChI is InChI=1S/C24H19FN2O3/c1-2-29-24(28)21-15-26-22-13-8-16(25)14-20(22)23(21)27-17-9-11-19(12-10-17)30-18-6-4-3-5-7-18/h3-15H,2H2,1H3,(H,26,27). The van der Waals surface area contributed by atoms with Gasteiger partial charge in [-0.25, -0.2) is 9.18 Å². The van der Waals surface area contributed by atoms with Gasteiger partial charge in [0.15, 0.2) is 0 Å². The van der Waals surface area contributed by atoms with Crippen LogP contribution in [-0.4, -0.2) is 17.6 Å². The third kappa shape index (κ3) is 4.22. The lowest BCUT2D eigenvalue weighted by atomic mass is 10.1. The summed E-state index contributed by atoms with van der Waals surface area (Å²) in [5.41, 5.74) is 1.95. The van der Waals surface area contributed by atoms with E-state index in [1.165, 1.54) is 18.3 Å². The van der Waals surface area contributed by atoms with Crippen LogP contribution >= 0.6 is 0 Å². The van der Waals surface area contributed by atoms with Gasteiger partial charge in [0.05, 0.1) is 17.8 Å². The van der Waals surface area contributed by atoms with Crippen LogP contribution in [0, 0.1) is 5.82 Å². The van der Waals surface area contributed by atoms with Gasteiger partial charge in [-0.1, -0.05) is 18.2 Å². The molecule has 1 aromatic heterocycles. The number of carbonyl (C=O) groups excluding carboxylic acids is 1. The number of rotatable bonds is 6. The summed E-state index contributed by atoms with van der Waals surface area (Å²) in [4.78, 5) is 16.7. The van der Waals surface area contributed by atoms with E-state index in [9.17, 15) is 9.18 Å². The van der Waals surface area contributed by atoms with Gasteiger partial charge in [0, 0.05) is 17.3 Å². The van der Waals surface area contributed by atoms with Crippen molar-refractivity contribution in [2.24, 2.45) is 0 Å². The van der Waals surface area contributed by atoms with Gasteiger partial charge in [0.25, 0.3) is 0 Å². The van der Waals surface area contributed by atoms with Crippen molar-refractivity contribution in [1.29, 1.82) is 0 Å². The predicted octanol–water partition coefficient (Wildman–Crippen LogP) is 6.09. The Kier molecular flexibility index (Phi) is 5.57. The number of hydrogen-bond donors (Lipinski definition) is 1. The van der Waals surface area contributed by atoms with E-state index in [0.29, 0.717) is 28.0 Å². The first kappa shape index (κ1) is 19.4. The molecule has 0 saturated heterocycles. The molecule has 0 aliphatic carbocycles. The van der Waals surface area contributed by atoms with Crippen LogP contribution in [0.2, 0.25) is 0 Å². The fourth-order valence-electron chi connectivity index (χ4n) is 3.04. The summed E-state index contributed by atoms with van der Waals surface area (Å²) in [6.07, 6.45) is 1.44. The number of hydrogen-bond acceptors (Lipinski definition) is 5. The number of pyridine rings is 1. The molecule has 0 aliphatic heterocycles. The van der Waals surface area contributed by atoms with Gasteiger partial charge in [-0.05, 0) is 61.5 Å². The van der Waals surface area contributed by atoms with Gasteiger partial charge in [0.1, 0.15) is 22.9 Å². The highest BCUT2D eigenvalue weighted by atomic mass is 19.1. The Morgan fingerprint density at radius 3 is 2.47 bits per heavy atom. The molecule has 6 heteroatoms. The van der Waals surface area contributed by atoms with Crippen molar-refractivity contribution < 1.29 is 18.7 Å². The molecular formula is C24H19FN2O3. The van der Waals surface area contributed by atoms with Gasteiger partial charge >= 0.3 is 5.97 Å². The number of halogens is 1. The second-order valence-corrected chi connectivity index (χ2v) is 6.49. The number of benzene rings is 3. The van der Waals surface area contributed by atoms with Crippen LogP contribution in [0.15, 0.2) is 79.0 Å². The van der Waals surface area contributed by atoms with E-state index in [1.54, 1.807) is 13.0 Å². The Hall–Kier alpha value is -3.93. The summed E-state index contributed by atoms with van der Waals surface area (Å²) in [7, 11) is 0. The Bertz CT molecular complexity index is 1180. The minimum absolute atomic E-state index is 0.227. The summed E-state index contributed by atoms with van der Waals surface area (Å²) in [6, 6.07) is 21.0. The van der Waals surface area contributed by atoms with Crippen molar-refractivity contribution in [2.45, 2.75) is 6.92 Å². The van der Waals surface area contributed by atoms with Crippen molar-refractivity contribution in [3.63, 3.8) is 0 Å². The van der Waals surface area contributed by atoms with E-state index >= 15 is 0 Å². The van der Waals surface area contributed by atoms with Crippen molar-refractivity contribution in [1.82, 2.24) is 4.98 Å². The van der Waals surface area contributed by atoms with Crippen molar-refractivity contribution in [2.75, 3.05) is 11.9 Å². The lowest BCUT2D eigenvalue weighted by molar-refractivity contribution is 0.0527. The molecular weight excluding hydrogens is 383 g/mol. The number of para-hydroxylation sites is 1. The zero-order chi connectivity index (χ0) is 20.9. The average Bonchev–Trinajstić information content (AvgIpc) is 2.76. The molecule has 5 nitrogen and oxygen atoms in total. The predicted molar refractivity (Wildman–Crippen MR) is 114 cm³/mol. The van der Waals surface area contributed by atoms with Crippen LogP contribution in [0.1, 0.15) is 17.3 Å². The van der Waals surface area contributed by atoms with Gasteiger partial charge in [-0.3, -0.25) is 4.98 Å². The molecule has 30 heavy (non-hydrogen) atoms. The number of carbonyl (C=O) groups is 1. The van der Waals surface area contributed by atoms with Gasteiger partial charge in [-0.2, -0.15) is 0 Å². The second kappa shape index (κ2) is 8.61. The van der Waals surface area contributed by atoms with Crippen molar-refractivity contribution in [3.05, 3.63) is 90.4 Å². The maximum atomic E-state index is 13.9. The third-order valence-corrected chi connectivity index (χ3v) is 4.43. The number of anilines is 2. The normalized spacial score (nSPS) is 10.6. The first-order valence-electron chi connectivity index (χ1n) is 9.49. The molecule has 0 fully saturated rings. The molecule has 4 aromatic rings. The Balaban J connectivity index is 1.67. The summed E-state index contributed by atoms with van der Waals surface area (Å²) >= 11 is 0. The largest absolute Gasteiger partial charge is 0.462 e. The van der Waals surface area contributed by atoms with Crippen molar-refractivity contribution in [3.8, 4) is 11.5 Å². The zero-order valence-electron chi connectivity index (χ0n) is 16.3. The monoisotopic (exact) mass is 402 g/mol. The zero-order valence-corrected chi connectivity index (χ0v) is 16.3. The SMILES string of the molecule is CCOC(=O)c1cnc2ccc(F)cc2c1Nc1ccc(Oc2ccccc2)cc1. The quantitative estimate of drug-likeness (QED) is 0.396. The minimum atomic E-state index is -0.525. The van der Waals surface area contributed by atoms with E-state index in [2.05, 4.69) is 10.3 Å². The number of fused-ring (bicyclic) bond motifs is 1.